The van der Waals surface area contributed by atoms with E-state index in [0.29, 0.717) is 11.1 Å². The first-order valence-electron chi connectivity index (χ1n) is 13.9. The zero-order valence-electron chi connectivity index (χ0n) is 23.4. The molecule has 7 aromatic rings. The Bertz CT molecular complexity index is 2330. The van der Waals surface area contributed by atoms with Gasteiger partial charge in [0, 0.05) is 38.3 Å². The maximum absolute atomic E-state index is 10.5. The normalized spacial score (nSPS) is 12.3. The van der Waals surface area contributed by atoms with E-state index in [2.05, 4.69) is 103 Å². The molecule has 41 heavy (non-hydrogen) atoms. The molecule has 0 amide bonds. The Kier molecular flexibility index (Phi) is 4.69. The zero-order valence-corrected chi connectivity index (χ0v) is 23.4. The standard InChI is InChI=1S/C36H25BN4/c1-20-13-22(3)34-28(15-20)29-16-21(2)14-23(4)35(29)41(34)37-30-7-5-6-8-31(30)40-32-17-24(18-38)9-11-26(32)27-12-10-25(19-39)33(37)36(27)40/h5-17H,1-4H3. The molecule has 4 nitrogen and oxygen atoms in total. The van der Waals surface area contributed by atoms with Crippen LogP contribution in [0.1, 0.15) is 33.4 Å². The van der Waals surface area contributed by atoms with E-state index in [1.165, 1.54) is 44.1 Å². The lowest BCUT2D eigenvalue weighted by Crippen LogP contribution is -2.54. The molecule has 0 atom stereocenters. The number of benzene rings is 5. The number of fused-ring (bicyclic) bond motifs is 8. The fourth-order valence-corrected chi connectivity index (χ4v) is 7.51. The minimum atomic E-state index is -0.209. The van der Waals surface area contributed by atoms with Crippen LogP contribution in [0.3, 0.4) is 0 Å². The van der Waals surface area contributed by atoms with E-state index in [1.54, 1.807) is 0 Å². The van der Waals surface area contributed by atoms with E-state index in [0.717, 1.165) is 38.4 Å². The van der Waals surface area contributed by atoms with Crippen molar-refractivity contribution in [2.45, 2.75) is 27.7 Å². The second-order valence-electron chi connectivity index (χ2n) is 11.5. The molecule has 8 rings (SSSR count). The van der Waals surface area contributed by atoms with Crippen molar-refractivity contribution >= 4 is 61.4 Å². The van der Waals surface area contributed by atoms with Crippen molar-refractivity contribution in [3.05, 3.63) is 112 Å². The van der Waals surface area contributed by atoms with Crippen LogP contribution in [0.5, 0.6) is 0 Å². The summed E-state index contributed by atoms with van der Waals surface area (Å²) in [6.07, 6.45) is 0. The highest BCUT2D eigenvalue weighted by atomic mass is 15.0. The monoisotopic (exact) mass is 524 g/mol. The second kappa shape index (κ2) is 8.13. The summed E-state index contributed by atoms with van der Waals surface area (Å²) in [4.78, 5) is 0. The first-order valence-corrected chi connectivity index (χ1v) is 13.9. The Morgan fingerprint density at radius 2 is 1.29 bits per heavy atom. The van der Waals surface area contributed by atoms with E-state index in [-0.39, 0.29) is 6.85 Å². The number of aromatic nitrogens is 2. The SMILES string of the molecule is Cc1cc(C)c2c(c1)c1cc(C)cc(C)c1n2B1c2ccccc2-n2c3cc(C#N)ccc3c3ccc(C#N)c1c32. The van der Waals surface area contributed by atoms with Gasteiger partial charge in [0.25, 0.3) is 0 Å². The maximum Gasteiger partial charge on any atom is 0.333 e. The quantitative estimate of drug-likeness (QED) is 0.221. The molecule has 3 heterocycles. The fourth-order valence-electron chi connectivity index (χ4n) is 7.51. The molecule has 0 fully saturated rings. The summed E-state index contributed by atoms with van der Waals surface area (Å²) in [5, 5.41) is 25.0. The summed E-state index contributed by atoms with van der Waals surface area (Å²) < 4.78 is 4.78. The largest absolute Gasteiger partial charge is 0.375 e. The van der Waals surface area contributed by atoms with Crippen LogP contribution in [0.15, 0.2) is 78.9 Å². The summed E-state index contributed by atoms with van der Waals surface area (Å²) in [5.41, 5.74) is 13.9. The van der Waals surface area contributed by atoms with Crippen molar-refractivity contribution in [2.75, 3.05) is 0 Å². The summed E-state index contributed by atoms with van der Waals surface area (Å²) in [6.45, 7) is 8.52. The summed E-state index contributed by atoms with van der Waals surface area (Å²) in [5.74, 6) is 0. The molecule has 1 aliphatic heterocycles. The van der Waals surface area contributed by atoms with Gasteiger partial charge in [-0.3, -0.25) is 0 Å². The zero-order chi connectivity index (χ0) is 28.2. The smallest absolute Gasteiger partial charge is 0.333 e. The molecule has 0 spiro atoms. The predicted octanol–water partition coefficient (Wildman–Crippen LogP) is 6.84. The Labute approximate surface area is 238 Å². The van der Waals surface area contributed by atoms with Crippen LogP contribution in [-0.4, -0.2) is 15.9 Å². The fraction of sp³-hybridized carbons (Fsp3) is 0.111. The molecular weight excluding hydrogens is 499 g/mol. The maximum atomic E-state index is 10.5. The van der Waals surface area contributed by atoms with Gasteiger partial charge >= 0.3 is 6.85 Å². The van der Waals surface area contributed by atoms with Crippen molar-refractivity contribution in [3.63, 3.8) is 0 Å². The highest BCUT2D eigenvalue weighted by Crippen LogP contribution is 2.39. The molecule has 2 aromatic heterocycles. The van der Waals surface area contributed by atoms with Crippen LogP contribution in [0, 0.1) is 50.4 Å². The minimum Gasteiger partial charge on any atom is -0.375 e. The molecule has 5 heteroatoms. The third kappa shape index (κ3) is 2.98. The van der Waals surface area contributed by atoms with Gasteiger partial charge in [0.1, 0.15) is 0 Å². The summed E-state index contributed by atoms with van der Waals surface area (Å²) >= 11 is 0. The number of hydrogen-bond donors (Lipinski definition) is 0. The molecule has 0 saturated carbocycles. The van der Waals surface area contributed by atoms with Gasteiger partial charge in [-0.05, 0) is 86.1 Å². The number of nitrogens with zero attached hydrogens (tertiary/aromatic N) is 4. The average molecular weight is 524 g/mol. The lowest BCUT2D eigenvalue weighted by Gasteiger charge is -2.29. The van der Waals surface area contributed by atoms with E-state index >= 15 is 0 Å². The van der Waals surface area contributed by atoms with Crippen LogP contribution in [-0.2, 0) is 0 Å². The van der Waals surface area contributed by atoms with E-state index in [4.69, 9.17) is 0 Å². The molecule has 0 radical (unpaired) electrons. The molecule has 0 saturated heterocycles. The van der Waals surface area contributed by atoms with Gasteiger partial charge in [0.15, 0.2) is 0 Å². The molecule has 0 bridgehead atoms. The Hall–Kier alpha value is -5.26. The molecule has 1 aliphatic rings. The van der Waals surface area contributed by atoms with Crippen LogP contribution >= 0.6 is 0 Å². The predicted molar refractivity (Wildman–Crippen MR) is 169 cm³/mol. The Balaban J connectivity index is 1.65. The van der Waals surface area contributed by atoms with Gasteiger partial charge < -0.3 is 9.05 Å². The third-order valence-electron chi connectivity index (χ3n) is 8.88. The van der Waals surface area contributed by atoms with Crippen molar-refractivity contribution in [1.82, 2.24) is 9.05 Å². The van der Waals surface area contributed by atoms with Crippen molar-refractivity contribution in [3.8, 4) is 17.8 Å². The molecule has 192 valence electrons. The number of hydrogen-bond acceptors (Lipinski definition) is 2. The van der Waals surface area contributed by atoms with Crippen molar-refractivity contribution < 1.29 is 0 Å². The Morgan fingerprint density at radius 3 is 1.95 bits per heavy atom. The molecular formula is C36H25BN4. The van der Waals surface area contributed by atoms with Crippen LogP contribution in [0.25, 0.3) is 49.3 Å². The second-order valence-corrected chi connectivity index (χ2v) is 11.5. The van der Waals surface area contributed by atoms with Crippen LogP contribution in [0.4, 0.5) is 0 Å². The van der Waals surface area contributed by atoms with Gasteiger partial charge in [0.05, 0.1) is 34.3 Å². The highest BCUT2D eigenvalue weighted by molar-refractivity contribution is 6.88. The van der Waals surface area contributed by atoms with E-state index in [9.17, 15) is 10.5 Å². The van der Waals surface area contributed by atoms with Crippen LogP contribution in [0.2, 0.25) is 0 Å². The van der Waals surface area contributed by atoms with Gasteiger partial charge in [0.2, 0.25) is 0 Å². The number of rotatable bonds is 1. The third-order valence-corrected chi connectivity index (χ3v) is 8.88. The highest BCUT2D eigenvalue weighted by Gasteiger charge is 2.38. The van der Waals surface area contributed by atoms with E-state index in [1.807, 2.05) is 24.3 Å². The Morgan fingerprint density at radius 1 is 0.634 bits per heavy atom. The molecule has 0 aliphatic carbocycles. The van der Waals surface area contributed by atoms with E-state index < -0.39 is 0 Å². The minimum absolute atomic E-state index is 0.209. The molecule has 0 unspecified atom stereocenters. The van der Waals surface area contributed by atoms with Crippen LogP contribution < -0.4 is 10.9 Å². The van der Waals surface area contributed by atoms with Gasteiger partial charge in [-0.1, -0.05) is 53.6 Å². The average Bonchev–Trinajstić information content (AvgIpc) is 3.47. The number of para-hydroxylation sites is 1. The first kappa shape index (κ1) is 23.6. The van der Waals surface area contributed by atoms with Gasteiger partial charge in [-0.2, -0.15) is 10.5 Å². The number of aryl methyl sites for hydroxylation is 4. The van der Waals surface area contributed by atoms with Gasteiger partial charge in [-0.15, -0.1) is 0 Å². The summed E-state index contributed by atoms with van der Waals surface area (Å²) in [6, 6.07) is 32.5. The summed E-state index contributed by atoms with van der Waals surface area (Å²) in [7, 11) is 0. The molecule has 5 aromatic carbocycles. The lowest BCUT2D eigenvalue weighted by molar-refractivity contribution is 1.17. The van der Waals surface area contributed by atoms with Gasteiger partial charge in [-0.25, -0.2) is 0 Å². The number of nitriles is 2. The topological polar surface area (TPSA) is 57.4 Å². The molecule has 0 N–H and O–H groups in total. The lowest BCUT2D eigenvalue weighted by atomic mass is 9.47. The first-order chi connectivity index (χ1) is 19.9. The van der Waals surface area contributed by atoms with Crippen molar-refractivity contribution in [2.24, 2.45) is 0 Å². The van der Waals surface area contributed by atoms with Crippen molar-refractivity contribution in [1.29, 1.82) is 10.5 Å².